The number of benzene rings is 2. The molecule has 1 N–H and O–H groups in total. The first-order chi connectivity index (χ1) is 11.2. The second-order valence-electron chi connectivity index (χ2n) is 4.81. The highest BCUT2D eigenvalue weighted by Crippen LogP contribution is 2.23. The van der Waals surface area contributed by atoms with Crippen LogP contribution in [0.4, 0.5) is 13.2 Å². The van der Waals surface area contributed by atoms with Crippen LogP contribution >= 0.6 is 23.2 Å². The maximum Gasteiger partial charge on any atom is 0.573 e. The number of carbonyl (C=O) groups excluding carboxylic acids is 1. The molecule has 2 rings (SSSR count). The van der Waals surface area contributed by atoms with E-state index in [-0.39, 0.29) is 11.3 Å². The molecule has 0 unspecified atom stereocenters. The summed E-state index contributed by atoms with van der Waals surface area (Å²) in [6.45, 7) is 0.320. The van der Waals surface area contributed by atoms with Crippen molar-refractivity contribution < 1.29 is 22.7 Å². The molecule has 8 heteroatoms. The van der Waals surface area contributed by atoms with Crippen LogP contribution in [0.25, 0.3) is 0 Å². The van der Waals surface area contributed by atoms with E-state index in [0.29, 0.717) is 23.0 Å². The molecule has 0 heterocycles. The maximum absolute atomic E-state index is 12.1. The van der Waals surface area contributed by atoms with E-state index < -0.39 is 12.3 Å². The third-order valence-electron chi connectivity index (χ3n) is 3.05. The van der Waals surface area contributed by atoms with E-state index >= 15 is 0 Å². The van der Waals surface area contributed by atoms with Gasteiger partial charge in [-0.05, 0) is 48.4 Å². The lowest BCUT2D eigenvalue weighted by Crippen LogP contribution is -2.25. The van der Waals surface area contributed by atoms with Crippen molar-refractivity contribution in [3.05, 3.63) is 63.6 Å². The van der Waals surface area contributed by atoms with Gasteiger partial charge in [0.05, 0.1) is 0 Å². The number of hydrogen-bond acceptors (Lipinski definition) is 2. The van der Waals surface area contributed by atoms with E-state index in [4.69, 9.17) is 23.2 Å². The zero-order valence-corrected chi connectivity index (χ0v) is 13.7. The van der Waals surface area contributed by atoms with Gasteiger partial charge >= 0.3 is 6.36 Å². The van der Waals surface area contributed by atoms with E-state index in [1.54, 1.807) is 18.2 Å². The molecule has 0 aromatic heterocycles. The van der Waals surface area contributed by atoms with Gasteiger partial charge in [0.25, 0.3) is 5.91 Å². The van der Waals surface area contributed by atoms with Gasteiger partial charge in [0, 0.05) is 22.2 Å². The van der Waals surface area contributed by atoms with Crippen LogP contribution in [0.5, 0.6) is 5.75 Å². The lowest BCUT2D eigenvalue weighted by atomic mass is 10.1. The number of nitrogens with one attached hydrogen (secondary N) is 1. The van der Waals surface area contributed by atoms with E-state index in [0.717, 1.165) is 17.7 Å². The zero-order chi connectivity index (χ0) is 17.7. The van der Waals surface area contributed by atoms with Crippen LogP contribution in [0.1, 0.15) is 15.9 Å². The molecule has 3 nitrogen and oxygen atoms in total. The van der Waals surface area contributed by atoms with Crippen molar-refractivity contribution in [3.8, 4) is 5.75 Å². The van der Waals surface area contributed by atoms with Gasteiger partial charge in [-0.25, -0.2) is 0 Å². The Kier molecular flexibility index (Phi) is 5.96. The van der Waals surface area contributed by atoms with Gasteiger partial charge in [0.2, 0.25) is 0 Å². The van der Waals surface area contributed by atoms with Gasteiger partial charge in [-0.15, -0.1) is 13.2 Å². The summed E-state index contributed by atoms with van der Waals surface area (Å²) < 4.78 is 39.9. The molecule has 0 saturated heterocycles. The fourth-order valence-corrected chi connectivity index (χ4v) is 2.45. The van der Waals surface area contributed by atoms with Crippen molar-refractivity contribution in [3.63, 3.8) is 0 Å². The van der Waals surface area contributed by atoms with Crippen LogP contribution in [0.2, 0.25) is 10.0 Å². The normalized spacial score (nSPS) is 11.2. The molecular weight excluding hydrogens is 366 g/mol. The largest absolute Gasteiger partial charge is 0.573 e. The average molecular weight is 378 g/mol. The molecule has 1 amide bonds. The minimum absolute atomic E-state index is 0.228. The lowest BCUT2D eigenvalue weighted by molar-refractivity contribution is -0.274. The molecule has 0 aliphatic rings. The predicted octanol–water partition coefficient (Wildman–Crippen LogP) is 4.86. The van der Waals surface area contributed by atoms with Gasteiger partial charge < -0.3 is 10.1 Å². The number of hydrogen-bond donors (Lipinski definition) is 1. The maximum atomic E-state index is 12.1. The van der Waals surface area contributed by atoms with Gasteiger partial charge in [-0.3, -0.25) is 4.79 Å². The SMILES string of the molecule is O=C(NCCc1ccc(Cl)cc1Cl)c1ccc(OC(F)(F)F)cc1. The van der Waals surface area contributed by atoms with Gasteiger partial charge in [-0.1, -0.05) is 29.3 Å². The molecule has 2 aromatic carbocycles. The number of rotatable bonds is 5. The fourth-order valence-electron chi connectivity index (χ4n) is 1.95. The Labute approximate surface area is 146 Å². The van der Waals surface area contributed by atoms with Gasteiger partial charge in [0.15, 0.2) is 0 Å². The van der Waals surface area contributed by atoms with Crippen LogP contribution < -0.4 is 10.1 Å². The number of alkyl halides is 3. The summed E-state index contributed by atoms with van der Waals surface area (Å²) >= 11 is 11.8. The zero-order valence-electron chi connectivity index (χ0n) is 12.2. The Balaban J connectivity index is 1.88. The second kappa shape index (κ2) is 7.77. The van der Waals surface area contributed by atoms with Crippen LogP contribution in [0.3, 0.4) is 0 Å². The van der Waals surface area contributed by atoms with Crippen molar-refractivity contribution in [2.75, 3.05) is 6.54 Å². The van der Waals surface area contributed by atoms with E-state index in [2.05, 4.69) is 10.1 Å². The first kappa shape index (κ1) is 18.4. The first-order valence-electron chi connectivity index (χ1n) is 6.82. The third kappa shape index (κ3) is 5.62. The minimum Gasteiger partial charge on any atom is -0.406 e. The molecule has 0 radical (unpaired) electrons. The first-order valence-corrected chi connectivity index (χ1v) is 7.58. The summed E-state index contributed by atoms with van der Waals surface area (Å²) in [7, 11) is 0. The van der Waals surface area contributed by atoms with Crippen molar-refractivity contribution in [1.29, 1.82) is 0 Å². The van der Waals surface area contributed by atoms with Crippen molar-refractivity contribution in [2.24, 2.45) is 0 Å². The van der Waals surface area contributed by atoms with Crippen LogP contribution in [0.15, 0.2) is 42.5 Å². The third-order valence-corrected chi connectivity index (χ3v) is 3.63. The topological polar surface area (TPSA) is 38.3 Å². The average Bonchev–Trinajstić information content (AvgIpc) is 2.48. The second-order valence-corrected chi connectivity index (χ2v) is 5.66. The summed E-state index contributed by atoms with van der Waals surface area (Å²) in [6.07, 6.45) is -4.27. The van der Waals surface area contributed by atoms with E-state index in [9.17, 15) is 18.0 Å². The summed E-state index contributed by atoms with van der Waals surface area (Å²) in [5.74, 6) is -0.786. The van der Waals surface area contributed by atoms with Gasteiger partial charge in [-0.2, -0.15) is 0 Å². The van der Waals surface area contributed by atoms with E-state index in [1.165, 1.54) is 12.1 Å². The Morgan fingerprint density at radius 3 is 2.33 bits per heavy atom. The van der Waals surface area contributed by atoms with Crippen LogP contribution in [0, 0.1) is 0 Å². The summed E-state index contributed by atoms with van der Waals surface area (Å²) in [4.78, 5) is 11.9. The lowest BCUT2D eigenvalue weighted by Gasteiger charge is -2.10. The monoisotopic (exact) mass is 377 g/mol. The molecule has 0 aliphatic heterocycles. The predicted molar refractivity (Wildman–Crippen MR) is 85.6 cm³/mol. The molecule has 0 atom stereocenters. The molecule has 24 heavy (non-hydrogen) atoms. The highest BCUT2D eigenvalue weighted by molar-refractivity contribution is 6.35. The van der Waals surface area contributed by atoms with Crippen molar-refractivity contribution in [2.45, 2.75) is 12.8 Å². The molecular formula is C16H12Cl2F3NO2. The summed E-state index contributed by atoms with van der Waals surface area (Å²) in [5.41, 5.74) is 1.06. The Bertz CT molecular complexity index is 718. The van der Waals surface area contributed by atoms with Gasteiger partial charge in [0.1, 0.15) is 5.75 Å². The highest BCUT2D eigenvalue weighted by Gasteiger charge is 2.31. The highest BCUT2D eigenvalue weighted by atomic mass is 35.5. The number of amides is 1. The van der Waals surface area contributed by atoms with Crippen molar-refractivity contribution in [1.82, 2.24) is 5.32 Å². The van der Waals surface area contributed by atoms with Crippen LogP contribution in [-0.4, -0.2) is 18.8 Å². The Hall–Kier alpha value is -1.92. The molecule has 0 spiro atoms. The fraction of sp³-hybridized carbons (Fsp3) is 0.188. The molecule has 0 fully saturated rings. The number of ether oxygens (including phenoxy) is 1. The smallest absolute Gasteiger partial charge is 0.406 e. The molecule has 2 aromatic rings. The number of halogens is 5. The Morgan fingerprint density at radius 1 is 1.08 bits per heavy atom. The standard InChI is InChI=1S/C16H12Cl2F3NO2/c17-12-4-1-10(14(18)9-12)7-8-22-15(23)11-2-5-13(6-3-11)24-16(19,20)21/h1-6,9H,7-8H2,(H,22,23). The molecule has 128 valence electrons. The summed E-state index contributed by atoms with van der Waals surface area (Å²) in [6, 6.07) is 9.75. The molecule has 0 saturated carbocycles. The quantitative estimate of drug-likeness (QED) is 0.807. The van der Waals surface area contributed by atoms with E-state index in [1.807, 2.05) is 0 Å². The molecule has 0 aliphatic carbocycles. The molecule has 0 bridgehead atoms. The van der Waals surface area contributed by atoms with Crippen LogP contribution in [-0.2, 0) is 6.42 Å². The minimum atomic E-state index is -4.76. The van der Waals surface area contributed by atoms with Crippen molar-refractivity contribution >= 4 is 29.1 Å². The number of carbonyl (C=O) groups is 1. The summed E-state index contributed by atoms with van der Waals surface area (Å²) in [5, 5.41) is 3.69. The Morgan fingerprint density at radius 2 is 1.75 bits per heavy atom.